The molecule has 1 N–H and O–H groups in total. The van der Waals surface area contributed by atoms with Crippen molar-refractivity contribution in [2.24, 2.45) is 0 Å². The van der Waals surface area contributed by atoms with Crippen molar-refractivity contribution in [2.45, 2.75) is 64.9 Å². The molecular weight excluding hydrogens is 353 g/mol. The average Bonchev–Trinajstić information content (AvgIpc) is 2.99. The predicted molar refractivity (Wildman–Crippen MR) is 99.6 cm³/mol. The van der Waals surface area contributed by atoms with Crippen LogP contribution in [0.1, 0.15) is 41.5 Å². The number of rotatable bonds is 4. The molecule has 1 aliphatic heterocycles. The van der Waals surface area contributed by atoms with Crippen molar-refractivity contribution in [1.82, 2.24) is 9.78 Å². The molecule has 0 spiro atoms. The van der Waals surface area contributed by atoms with Gasteiger partial charge in [0.15, 0.2) is 0 Å². The van der Waals surface area contributed by atoms with E-state index in [0.717, 1.165) is 0 Å². The van der Waals surface area contributed by atoms with Crippen LogP contribution in [0, 0.1) is 11.6 Å². The number of nitrogens with zero attached hydrogens (tertiary/aromatic N) is 2. The highest BCUT2D eigenvalue weighted by atomic mass is 19.1. The molecule has 0 aliphatic carbocycles. The first-order chi connectivity index (χ1) is 12.3. The first-order valence-corrected chi connectivity index (χ1v) is 8.89. The summed E-state index contributed by atoms with van der Waals surface area (Å²) in [6.07, 6.45) is 2.88. The molecule has 2 aromatic rings. The Kier molecular flexibility index (Phi) is 4.73. The highest BCUT2D eigenvalue weighted by Gasteiger charge is 2.52. The van der Waals surface area contributed by atoms with Crippen LogP contribution in [0.15, 0.2) is 24.5 Å². The summed E-state index contributed by atoms with van der Waals surface area (Å²) in [5, 5.41) is 13.9. The van der Waals surface area contributed by atoms with Crippen LogP contribution < -0.4 is 5.46 Å². The number of aliphatic hydroxyl groups is 1. The SMILES string of the molecule is CC(C)(O)Cn1cc(-c2c(F)cc(B3OC(C)(C)C(C)(C)O3)cc2F)cn1. The number of hydrogen-bond acceptors (Lipinski definition) is 4. The minimum absolute atomic E-state index is 0.169. The molecule has 3 rings (SSSR count). The molecule has 1 saturated heterocycles. The smallest absolute Gasteiger partial charge is 0.399 e. The van der Waals surface area contributed by atoms with Gasteiger partial charge in [0.1, 0.15) is 11.6 Å². The zero-order chi connectivity index (χ0) is 20.2. The van der Waals surface area contributed by atoms with Gasteiger partial charge in [0, 0.05) is 11.8 Å². The molecule has 0 radical (unpaired) electrons. The summed E-state index contributed by atoms with van der Waals surface area (Å²) >= 11 is 0. The van der Waals surface area contributed by atoms with Gasteiger partial charge < -0.3 is 14.4 Å². The molecule has 0 atom stereocenters. The third-order valence-electron chi connectivity index (χ3n) is 5.06. The van der Waals surface area contributed by atoms with Crippen molar-refractivity contribution in [3.05, 3.63) is 36.2 Å². The van der Waals surface area contributed by atoms with Gasteiger partial charge in [-0.15, -0.1) is 0 Å². The Morgan fingerprint density at radius 3 is 2.11 bits per heavy atom. The molecule has 1 aromatic carbocycles. The third-order valence-corrected chi connectivity index (χ3v) is 5.06. The summed E-state index contributed by atoms with van der Waals surface area (Å²) < 4.78 is 42.7. The lowest BCUT2D eigenvalue weighted by Gasteiger charge is -2.32. The van der Waals surface area contributed by atoms with Gasteiger partial charge in [-0.3, -0.25) is 4.68 Å². The molecule has 0 saturated carbocycles. The second kappa shape index (κ2) is 6.39. The zero-order valence-corrected chi connectivity index (χ0v) is 16.5. The van der Waals surface area contributed by atoms with E-state index in [1.165, 1.54) is 29.2 Å². The van der Waals surface area contributed by atoms with Crippen LogP contribution in [-0.4, -0.2) is 38.8 Å². The standard InChI is InChI=1S/C19H25BF2N2O3/c1-17(2,25)11-24-10-12(9-23-24)16-14(21)7-13(8-15(16)22)20-26-18(3,4)19(5,6)27-20/h7-10,25H,11H2,1-6H3. The fourth-order valence-corrected chi connectivity index (χ4v) is 2.96. The molecule has 1 aliphatic rings. The molecule has 0 amide bonds. The minimum Gasteiger partial charge on any atom is -0.399 e. The summed E-state index contributed by atoms with van der Waals surface area (Å²) in [7, 11) is -0.842. The van der Waals surface area contributed by atoms with Gasteiger partial charge in [0.2, 0.25) is 0 Å². The van der Waals surface area contributed by atoms with Crippen molar-refractivity contribution in [2.75, 3.05) is 0 Å². The fourth-order valence-electron chi connectivity index (χ4n) is 2.96. The molecular formula is C19H25BF2N2O3. The lowest BCUT2D eigenvalue weighted by atomic mass is 9.78. The van der Waals surface area contributed by atoms with Crippen molar-refractivity contribution >= 4 is 12.6 Å². The molecule has 146 valence electrons. The van der Waals surface area contributed by atoms with E-state index in [-0.39, 0.29) is 17.6 Å². The molecule has 1 fully saturated rings. The number of aromatic nitrogens is 2. The summed E-state index contributed by atoms with van der Waals surface area (Å²) in [5.74, 6) is -1.44. The Labute approximate surface area is 158 Å². The van der Waals surface area contributed by atoms with Gasteiger partial charge in [-0.05, 0) is 59.1 Å². The second-order valence-electron chi connectivity index (χ2n) is 8.69. The Morgan fingerprint density at radius 2 is 1.63 bits per heavy atom. The van der Waals surface area contributed by atoms with Crippen LogP contribution in [0.5, 0.6) is 0 Å². The van der Waals surface area contributed by atoms with Crippen LogP contribution in [0.4, 0.5) is 8.78 Å². The first kappa shape index (κ1) is 20.0. The van der Waals surface area contributed by atoms with E-state index in [4.69, 9.17) is 9.31 Å². The average molecular weight is 378 g/mol. The normalized spacial score (nSPS) is 18.9. The van der Waals surface area contributed by atoms with Gasteiger partial charge in [-0.25, -0.2) is 8.78 Å². The lowest BCUT2D eigenvalue weighted by Crippen LogP contribution is -2.41. The number of hydrogen-bond donors (Lipinski definition) is 1. The predicted octanol–water partition coefficient (Wildman–Crippen LogP) is 2.90. The Balaban J connectivity index is 1.91. The fraction of sp³-hybridized carbons (Fsp3) is 0.526. The largest absolute Gasteiger partial charge is 0.495 e. The van der Waals surface area contributed by atoms with E-state index in [9.17, 15) is 13.9 Å². The van der Waals surface area contributed by atoms with Gasteiger partial charge in [0.25, 0.3) is 0 Å². The minimum atomic E-state index is -0.985. The summed E-state index contributed by atoms with van der Waals surface area (Å²) in [6, 6.07) is 2.46. The first-order valence-electron chi connectivity index (χ1n) is 8.89. The topological polar surface area (TPSA) is 56.5 Å². The van der Waals surface area contributed by atoms with E-state index < -0.39 is 35.6 Å². The summed E-state index contributed by atoms with van der Waals surface area (Å²) in [4.78, 5) is 0. The molecule has 0 unspecified atom stereocenters. The van der Waals surface area contributed by atoms with E-state index in [1.807, 2.05) is 27.7 Å². The van der Waals surface area contributed by atoms with Gasteiger partial charge >= 0.3 is 7.12 Å². The van der Waals surface area contributed by atoms with Crippen molar-refractivity contribution in [1.29, 1.82) is 0 Å². The molecule has 1 aromatic heterocycles. The maximum atomic E-state index is 14.7. The summed E-state index contributed by atoms with van der Waals surface area (Å²) in [6.45, 7) is 11.0. The maximum absolute atomic E-state index is 14.7. The Bertz CT molecular complexity index is 820. The highest BCUT2D eigenvalue weighted by molar-refractivity contribution is 6.62. The third kappa shape index (κ3) is 3.93. The van der Waals surface area contributed by atoms with E-state index in [2.05, 4.69) is 5.10 Å². The van der Waals surface area contributed by atoms with Gasteiger partial charge in [0.05, 0.1) is 35.1 Å². The number of halogens is 2. The van der Waals surface area contributed by atoms with E-state index >= 15 is 0 Å². The van der Waals surface area contributed by atoms with Crippen LogP contribution in [0.2, 0.25) is 0 Å². The van der Waals surface area contributed by atoms with Crippen LogP contribution in [0.25, 0.3) is 11.1 Å². The van der Waals surface area contributed by atoms with Crippen LogP contribution >= 0.6 is 0 Å². The zero-order valence-electron chi connectivity index (χ0n) is 16.5. The van der Waals surface area contributed by atoms with Gasteiger partial charge in [-0.2, -0.15) is 5.10 Å². The van der Waals surface area contributed by atoms with Gasteiger partial charge in [-0.1, -0.05) is 0 Å². The molecule has 2 heterocycles. The maximum Gasteiger partial charge on any atom is 0.495 e. The quantitative estimate of drug-likeness (QED) is 0.832. The summed E-state index contributed by atoms with van der Waals surface area (Å²) in [5.41, 5.74) is -1.76. The van der Waals surface area contributed by atoms with Crippen molar-refractivity contribution in [3.8, 4) is 11.1 Å². The van der Waals surface area contributed by atoms with Crippen LogP contribution in [-0.2, 0) is 15.9 Å². The second-order valence-corrected chi connectivity index (χ2v) is 8.69. The van der Waals surface area contributed by atoms with Crippen molar-refractivity contribution < 1.29 is 23.2 Å². The van der Waals surface area contributed by atoms with E-state index in [1.54, 1.807) is 13.8 Å². The Morgan fingerprint density at radius 1 is 1.11 bits per heavy atom. The lowest BCUT2D eigenvalue weighted by molar-refractivity contribution is 0.00578. The Hall–Kier alpha value is -1.77. The van der Waals surface area contributed by atoms with Crippen LogP contribution in [0.3, 0.4) is 0 Å². The monoisotopic (exact) mass is 378 g/mol. The van der Waals surface area contributed by atoms with Crippen molar-refractivity contribution in [3.63, 3.8) is 0 Å². The van der Waals surface area contributed by atoms with E-state index in [0.29, 0.717) is 5.56 Å². The number of benzene rings is 1. The molecule has 27 heavy (non-hydrogen) atoms. The molecule has 0 bridgehead atoms. The molecule has 5 nitrogen and oxygen atoms in total. The highest BCUT2D eigenvalue weighted by Crippen LogP contribution is 2.37. The molecule has 8 heteroatoms.